The summed E-state index contributed by atoms with van der Waals surface area (Å²) in [6, 6.07) is 25.9. The average Bonchev–Trinajstić information content (AvgIpc) is 3.12. The van der Waals surface area contributed by atoms with Crippen LogP contribution in [0.5, 0.6) is 23.0 Å². The Kier molecular flexibility index (Phi) is 12.3. The number of benzene rings is 4. The van der Waals surface area contributed by atoms with Crippen molar-refractivity contribution in [3.05, 3.63) is 119 Å². The molecule has 0 saturated carbocycles. The number of nitrogens with zero attached hydrogens (tertiary/aromatic N) is 2. The third kappa shape index (κ3) is 8.79. The maximum Gasteiger partial charge on any atom is 0.343 e. The lowest BCUT2D eigenvalue weighted by Gasteiger charge is -2.21. The van der Waals surface area contributed by atoms with E-state index in [0.29, 0.717) is 33.9 Å². The van der Waals surface area contributed by atoms with Gasteiger partial charge in [0.05, 0.1) is 33.1 Å². The fraction of sp³-hybridized carbons (Fsp3) is 0.189. The molecule has 0 fully saturated rings. The molecule has 0 unspecified atom stereocenters. The summed E-state index contributed by atoms with van der Waals surface area (Å²) in [6.07, 6.45) is 2.91. The first-order valence-electron chi connectivity index (χ1n) is 15.2. The van der Waals surface area contributed by atoms with Crippen LogP contribution in [0.2, 0.25) is 0 Å². The molecule has 0 saturated heterocycles. The van der Waals surface area contributed by atoms with E-state index in [1.807, 2.05) is 24.3 Å². The second-order valence-electron chi connectivity index (χ2n) is 10.2. The first-order valence-corrected chi connectivity index (χ1v) is 15.2. The maximum absolute atomic E-state index is 13.4. The highest BCUT2D eigenvalue weighted by Crippen LogP contribution is 2.38. The van der Waals surface area contributed by atoms with Gasteiger partial charge in [-0.15, -0.1) is 0 Å². The van der Waals surface area contributed by atoms with Crippen molar-refractivity contribution >= 4 is 35.8 Å². The van der Waals surface area contributed by atoms with Crippen molar-refractivity contribution in [1.29, 1.82) is 0 Å². The highest BCUT2D eigenvalue weighted by Gasteiger charge is 2.19. The highest BCUT2D eigenvalue weighted by atomic mass is 16.5. The second-order valence-corrected chi connectivity index (χ2v) is 10.2. The molecule has 0 atom stereocenters. The van der Waals surface area contributed by atoms with Crippen LogP contribution in [0, 0.1) is 0 Å². The van der Waals surface area contributed by atoms with Crippen molar-refractivity contribution in [1.82, 2.24) is 10.7 Å². The zero-order valence-corrected chi connectivity index (χ0v) is 27.5. The van der Waals surface area contributed by atoms with Gasteiger partial charge in [0.2, 0.25) is 5.75 Å². The van der Waals surface area contributed by atoms with Gasteiger partial charge >= 0.3 is 5.97 Å². The van der Waals surface area contributed by atoms with E-state index in [9.17, 15) is 14.4 Å². The number of carbonyl (C=O) groups is 3. The summed E-state index contributed by atoms with van der Waals surface area (Å²) in [6.45, 7) is 5.88. The summed E-state index contributed by atoms with van der Waals surface area (Å²) in [5.41, 5.74) is 5.16. The lowest BCUT2D eigenvalue weighted by atomic mass is 10.1. The van der Waals surface area contributed by atoms with Crippen LogP contribution in [0.1, 0.15) is 45.7 Å². The molecule has 48 heavy (non-hydrogen) atoms. The fourth-order valence-corrected chi connectivity index (χ4v) is 4.74. The van der Waals surface area contributed by atoms with Gasteiger partial charge in [0.25, 0.3) is 11.8 Å². The molecule has 11 nitrogen and oxygen atoms in total. The van der Waals surface area contributed by atoms with Crippen molar-refractivity contribution in [3.63, 3.8) is 0 Å². The molecular formula is C37H38N4O7. The summed E-state index contributed by atoms with van der Waals surface area (Å²) in [4.78, 5) is 41.7. The van der Waals surface area contributed by atoms with Gasteiger partial charge in [-0.25, -0.2) is 10.2 Å². The van der Waals surface area contributed by atoms with Crippen molar-refractivity contribution in [3.8, 4) is 23.0 Å². The molecule has 0 heterocycles. The van der Waals surface area contributed by atoms with Gasteiger partial charge in [-0.2, -0.15) is 5.10 Å². The highest BCUT2D eigenvalue weighted by molar-refractivity contribution is 6.05. The average molecular weight is 651 g/mol. The predicted octanol–water partition coefficient (Wildman–Crippen LogP) is 5.70. The number of hydrogen-bond donors (Lipinski definition) is 2. The molecule has 2 N–H and O–H groups in total. The van der Waals surface area contributed by atoms with Gasteiger partial charge in [0, 0.05) is 29.9 Å². The Balaban J connectivity index is 1.54. The van der Waals surface area contributed by atoms with E-state index in [-0.39, 0.29) is 17.0 Å². The number of esters is 1. The summed E-state index contributed by atoms with van der Waals surface area (Å²) in [5, 5.41) is 6.79. The van der Waals surface area contributed by atoms with Gasteiger partial charge in [-0.3, -0.25) is 9.59 Å². The zero-order chi connectivity index (χ0) is 34.5. The third-order valence-electron chi connectivity index (χ3n) is 7.25. The van der Waals surface area contributed by atoms with Crippen LogP contribution in [0.25, 0.3) is 6.08 Å². The monoisotopic (exact) mass is 650 g/mol. The van der Waals surface area contributed by atoms with E-state index in [0.717, 1.165) is 18.8 Å². The van der Waals surface area contributed by atoms with Crippen molar-refractivity contribution < 1.29 is 33.3 Å². The van der Waals surface area contributed by atoms with Crippen LogP contribution < -0.4 is 34.6 Å². The van der Waals surface area contributed by atoms with E-state index in [4.69, 9.17) is 18.9 Å². The Hall–Kier alpha value is -6.10. The van der Waals surface area contributed by atoms with Gasteiger partial charge in [-0.05, 0) is 74.0 Å². The molecule has 4 aromatic carbocycles. The lowest BCUT2D eigenvalue weighted by molar-refractivity contribution is -0.117. The lowest BCUT2D eigenvalue weighted by Crippen LogP contribution is -2.32. The molecule has 248 valence electrons. The predicted molar refractivity (Wildman–Crippen MR) is 185 cm³/mol. The Morgan fingerprint density at radius 2 is 1.38 bits per heavy atom. The van der Waals surface area contributed by atoms with Crippen LogP contribution in [0.3, 0.4) is 0 Å². The Labute approximate surface area is 279 Å². The van der Waals surface area contributed by atoms with Gasteiger partial charge in [0.1, 0.15) is 11.4 Å². The molecule has 11 heteroatoms. The smallest absolute Gasteiger partial charge is 0.343 e. The van der Waals surface area contributed by atoms with Crippen LogP contribution in [0.15, 0.2) is 102 Å². The molecule has 0 bridgehead atoms. The Morgan fingerprint density at radius 3 is 1.98 bits per heavy atom. The Bertz CT molecular complexity index is 1760. The molecule has 0 spiro atoms. The zero-order valence-electron chi connectivity index (χ0n) is 27.5. The molecule has 0 aliphatic heterocycles. The SMILES string of the molecule is CCN(CC)c1ccc(/C=C(\NC(=O)c2ccccc2)C(=O)N/N=C/c2ccccc2OC(=O)c2cc(OC)c(OC)c(OC)c2)cc1. The van der Waals surface area contributed by atoms with Crippen molar-refractivity contribution in [2.24, 2.45) is 5.10 Å². The van der Waals surface area contributed by atoms with Crippen LogP contribution in [-0.2, 0) is 4.79 Å². The number of amides is 2. The molecule has 0 aliphatic carbocycles. The number of methoxy groups -OCH3 is 3. The molecule has 0 aliphatic rings. The number of nitrogens with one attached hydrogen (secondary N) is 2. The number of hydrazone groups is 1. The molecule has 2 amide bonds. The van der Waals surface area contributed by atoms with Crippen LogP contribution in [-0.4, -0.2) is 58.4 Å². The van der Waals surface area contributed by atoms with Gasteiger partial charge in [0.15, 0.2) is 11.5 Å². The second kappa shape index (κ2) is 17.0. The minimum absolute atomic E-state index is 0.0151. The standard InChI is InChI=1S/C37H38N4O7/c1-6-41(7-2)29-19-17-25(18-20-29)21-30(39-35(42)26-13-9-8-10-14-26)36(43)40-38-24-27-15-11-12-16-31(27)48-37(44)28-22-32(45-3)34(47-5)33(23-28)46-4/h8-24H,6-7H2,1-5H3,(H,39,42)(H,40,43)/b30-21-,38-24+. The summed E-state index contributed by atoms with van der Waals surface area (Å²) >= 11 is 0. The third-order valence-corrected chi connectivity index (χ3v) is 7.25. The number of rotatable bonds is 14. The molecule has 4 rings (SSSR count). The van der Waals surface area contributed by atoms with Crippen LogP contribution in [0.4, 0.5) is 5.69 Å². The van der Waals surface area contributed by atoms with E-state index >= 15 is 0 Å². The number of para-hydroxylation sites is 1. The minimum atomic E-state index is -0.681. The number of ether oxygens (including phenoxy) is 4. The molecule has 4 aromatic rings. The van der Waals surface area contributed by atoms with E-state index in [1.54, 1.807) is 60.7 Å². The van der Waals surface area contributed by atoms with E-state index < -0.39 is 17.8 Å². The first kappa shape index (κ1) is 34.8. The minimum Gasteiger partial charge on any atom is -0.493 e. The van der Waals surface area contributed by atoms with Gasteiger partial charge < -0.3 is 29.2 Å². The van der Waals surface area contributed by atoms with E-state index in [2.05, 4.69) is 34.6 Å². The van der Waals surface area contributed by atoms with Crippen molar-refractivity contribution in [2.75, 3.05) is 39.3 Å². The summed E-state index contributed by atoms with van der Waals surface area (Å²) < 4.78 is 21.7. The van der Waals surface area contributed by atoms with Gasteiger partial charge in [-0.1, -0.05) is 42.5 Å². The summed E-state index contributed by atoms with van der Waals surface area (Å²) in [5.74, 6) is -0.672. The van der Waals surface area contributed by atoms with Crippen molar-refractivity contribution in [2.45, 2.75) is 13.8 Å². The normalized spacial score (nSPS) is 11.1. The number of anilines is 1. The molecule has 0 aromatic heterocycles. The molecule has 0 radical (unpaired) electrons. The largest absolute Gasteiger partial charge is 0.493 e. The quantitative estimate of drug-likeness (QED) is 0.0585. The molecular weight excluding hydrogens is 612 g/mol. The van der Waals surface area contributed by atoms with Crippen LogP contribution >= 0.6 is 0 Å². The maximum atomic E-state index is 13.4. The number of hydrogen-bond acceptors (Lipinski definition) is 9. The first-order chi connectivity index (χ1) is 23.3. The Morgan fingerprint density at radius 1 is 0.750 bits per heavy atom. The topological polar surface area (TPSA) is 128 Å². The van der Waals surface area contributed by atoms with E-state index in [1.165, 1.54) is 39.7 Å². The number of carbonyl (C=O) groups excluding carboxylic acids is 3. The summed E-state index contributed by atoms with van der Waals surface area (Å²) in [7, 11) is 4.36. The fourth-order valence-electron chi connectivity index (χ4n) is 4.74.